The Balaban J connectivity index is 3.89. The quantitative estimate of drug-likeness (QED) is 0.290. The molecule has 1 amide bonds. The lowest BCUT2D eigenvalue weighted by Gasteiger charge is -2.31. The van der Waals surface area contributed by atoms with Crippen LogP contribution in [0.15, 0.2) is 12.2 Å². The van der Waals surface area contributed by atoms with Crippen molar-refractivity contribution in [2.75, 3.05) is 39.2 Å². The van der Waals surface area contributed by atoms with Crippen molar-refractivity contribution < 1.29 is 32.2 Å². The highest BCUT2D eigenvalue weighted by atomic mass is 32.2. The van der Waals surface area contributed by atoms with E-state index in [1.54, 1.807) is 0 Å². The van der Waals surface area contributed by atoms with Crippen LogP contribution in [-0.2, 0) is 34.3 Å². The first-order chi connectivity index (χ1) is 12.2. The van der Waals surface area contributed by atoms with Crippen LogP contribution in [-0.4, -0.2) is 61.1 Å². The number of amides is 1. The van der Waals surface area contributed by atoms with Crippen molar-refractivity contribution in [3.8, 4) is 0 Å². The first kappa shape index (κ1) is 24.6. The Morgan fingerprint density at radius 2 is 1.92 bits per heavy atom. The largest absolute Gasteiger partial charge is 0.461 e. The number of esters is 1. The molecule has 0 bridgehead atoms. The Bertz CT molecular complexity index is 480. The zero-order chi connectivity index (χ0) is 20.0. The van der Waals surface area contributed by atoms with Gasteiger partial charge in [-0.25, -0.2) is 13.8 Å². The molecule has 1 N–H and O–H groups in total. The summed E-state index contributed by atoms with van der Waals surface area (Å²) in [4.78, 5) is 23.0. The van der Waals surface area contributed by atoms with Crippen molar-refractivity contribution in [1.29, 1.82) is 0 Å². The van der Waals surface area contributed by atoms with E-state index in [1.165, 1.54) is 13.2 Å². The first-order valence-electron chi connectivity index (χ1n) is 8.53. The molecule has 0 aliphatic rings. The number of ether oxygens (including phenoxy) is 3. The molecule has 152 valence electrons. The van der Waals surface area contributed by atoms with Gasteiger partial charge < -0.3 is 19.5 Å². The van der Waals surface area contributed by atoms with Gasteiger partial charge in [0.05, 0.1) is 31.6 Å². The molecule has 0 fully saturated rings. The Morgan fingerprint density at radius 3 is 2.54 bits per heavy atom. The summed E-state index contributed by atoms with van der Waals surface area (Å²) in [6.45, 7) is 8.93. The number of rotatable bonds is 13. The molecule has 2 unspecified atom stereocenters. The predicted molar refractivity (Wildman–Crippen MR) is 99.0 cm³/mol. The van der Waals surface area contributed by atoms with Crippen molar-refractivity contribution >= 4 is 23.1 Å². The van der Waals surface area contributed by atoms with Gasteiger partial charge in [-0.1, -0.05) is 19.9 Å². The topological polar surface area (TPSA) is 100 Å². The van der Waals surface area contributed by atoms with Crippen LogP contribution in [0, 0.1) is 5.92 Å². The Kier molecular flexibility index (Phi) is 12.9. The maximum atomic E-state index is 11.6. The zero-order valence-corrected chi connectivity index (χ0v) is 17.1. The normalized spacial score (nSPS) is 14.0. The SMILES string of the molecule is CCCOC(C)(C)C(C)COC(=O)NCCOC(=O)/C=C/CS(=O)OC. The van der Waals surface area contributed by atoms with Crippen LogP contribution >= 0.6 is 0 Å². The number of hydrogen-bond acceptors (Lipinski definition) is 7. The van der Waals surface area contributed by atoms with E-state index in [0.29, 0.717) is 6.61 Å². The van der Waals surface area contributed by atoms with E-state index in [4.69, 9.17) is 14.2 Å². The van der Waals surface area contributed by atoms with E-state index in [9.17, 15) is 13.8 Å². The third kappa shape index (κ3) is 12.0. The fraction of sp³-hybridized carbons (Fsp3) is 0.765. The number of nitrogens with one attached hydrogen (secondary N) is 1. The van der Waals surface area contributed by atoms with Crippen molar-refractivity contribution in [1.82, 2.24) is 5.32 Å². The van der Waals surface area contributed by atoms with Crippen LogP contribution in [0.3, 0.4) is 0 Å². The molecular weight excluding hydrogens is 362 g/mol. The summed E-state index contributed by atoms with van der Waals surface area (Å²) in [7, 11) is 1.31. The zero-order valence-electron chi connectivity index (χ0n) is 16.2. The number of carbonyl (C=O) groups is 2. The molecule has 26 heavy (non-hydrogen) atoms. The summed E-state index contributed by atoms with van der Waals surface area (Å²) >= 11 is -1.45. The summed E-state index contributed by atoms with van der Waals surface area (Å²) in [5.74, 6) is -0.454. The van der Waals surface area contributed by atoms with Crippen molar-refractivity contribution in [2.45, 2.75) is 39.7 Å². The average Bonchev–Trinajstić information content (AvgIpc) is 2.61. The van der Waals surface area contributed by atoms with Crippen LogP contribution < -0.4 is 5.32 Å². The summed E-state index contributed by atoms with van der Waals surface area (Å²) < 4.78 is 31.3. The molecule has 8 nitrogen and oxygen atoms in total. The molecule has 0 aromatic carbocycles. The molecule has 0 aromatic rings. The number of alkyl carbamates (subject to hydrolysis) is 1. The number of carbonyl (C=O) groups excluding carboxylic acids is 2. The molecule has 0 aromatic heterocycles. The highest BCUT2D eigenvalue weighted by Gasteiger charge is 2.27. The van der Waals surface area contributed by atoms with Gasteiger partial charge in [0.1, 0.15) is 6.61 Å². The highest BCUT2D eigenvalue weighted by Crippen LogP contribution is 2.21. The van der Waals surface area contributed by atoms with E-state index >= 15 is 0 Å². The maximum Gasteiger partial charge on any atom is 0.407 e. The van der Waals surface area contributed by atoms with Gasteiger partial charge in [-0.2, -0.15) is 0 Å². The van der Waals surface area contributed by atoms with Gasteiger partial charge in [-0.15, -0.1) is 0 Å². The Hall–Kier alpha value is -1.45. The first-order valence-corrected chi connectivity index (χ1v) is 9.78. The van der Waals surface area contributed by atoms with Crippen LogP contribution in [0.1, 0.15) is 34.1 Å². The second kappa shape index (κ2) is 13.7. The monoisotopic (exact) mass is 393 g/mol. The molecular formula is C17H31NO7S. The van der Waals surface area contributed by atoms with Crippen LogP contribution in [0.4, 0.5) is 4.79 Å². The maximum absolute atomic E-state index is 11.6. The smallest absolute Gasteiger partial charge is 0.407 e. The molecule has 0 rings (SSSR count). The fourth-order valence-electron chi connectivity index (χ4n) is 1.60. The number of hydrogen-bond donors (Lipinski definition) is 1. The lowest BCUT2D eigenvalue weighted by Crippen LogP contribution is -2.38. The summed E-state index contributed by atoms with van der Waals surface area (Å²) in [5, 5.41) is 2.50. The van der Waals surface area contributed by atoms with Gasteiger partial charge in [0, 0.05) is 18.6 Å². The van der Waals surface area contributed by atoms with Crippen LogP contribution in [0.2, 0.25) is 0 Å². The van der Waals surface area contributed by atoms with Gasteiger partial charge in [0.2, 0.25) is 0 Å². The summed E-state index contributed by atoms with van der Waals surface area (Å²) in [6.07, 6.45) is 2.91. The third-order valence-corrected chi connectivity index (χ3v) is 4.45. The summed E-state index contributed by atoms with van der Waals surface area (Å²) in [5.41, 5.74) is -0.384. The van der Waals surface area contributed by atoms with Gasteiger partial charge in [0.15, 0.2) is 11.1 Å². The molecule has 0 saturated carbocycles. The Labute approximate surface area is 158 Å². The lowest BCUT2D eigenvalue weighted by molar-refractivity contribution is -0.137. The molecule has 0 aliphatic heterocycles. The minimum absolute atomic E-state index is 0.00625. The third-order valence-electron chi connectivity index (χ3n) is 3.62. The second-order valence-corrected chi connectivity index (χ2v) is 7.36. The second-order valence-electron chi connectivity index (χ2n) is 6.09. The standard InChI is InChI=1S/C17H31NO7S/c1-6-10-25-17(3,4)14(2)13-24-16(20)18-9-11-23-15(19)8-7-12-26(21)22-5/h7-8,14H,6,9-13H2,1-5H3,(H,18,20)/b8-7+. The molecule has 0 spiro atoms. The van der Waals surface area contributed by atoms with E-state index in [-0.39, 0.29) is 37.0 Å². The summed E-state index contributed by atoms with van der Waals surface area (Å²) in [6, 6.07) is 0. The predicted octanol–water partition coefficient (Wildman–Crippen LogP) is 1.96. The minimum atomic E-state index is -1.45. The van der Waals surface area contributed by atoms with Gasteiger partial charge in [-0.05, 0) is 20.3 Å². The van der Waals surface area contributed by atoms with Crippen LogP contribution in [0.5, 0.6) is 0 Å². The molecule has 0 radical (unpaired) electrons. The van der Waals surface area contributed by atoms with E-state index in [1.807, 2.05) is 27.7 Å². The highest BCUT2D eigenvalue weighted by molar-refractivity contribution is 7.80. The van der Waals surface area contributed by atoms with Crippen molar-refractivity contribution in [3.05, 3.63) is 12.2 Å². The van der Waals surface area contributed by atoms with Crippen LogP contribution in [0.25, 0.3) is 0 Å². The fourth-order valence-corrected chi connectivity index (χ4v) is 1.99. The van der Waals surface area contributed by atoms with Gasteiger partial charge >= 0.3 is 12.1 Å². The van der Waals surface area contributed by atoms with E-state index in [0.717, 1.165) is 12.5 Å². The van der Waals surface area contributed by atoms with Gasteiger partial charge in [-0.3, -0.25) is 4.18 Å². The Morgan fingerprint density at radius 1 is 1.23 bits per heavy atom. The van der Waals surface area contributed by atoms with Crippen molar-refractivity contribution in [2.24, 2.45) is 5.92 Å². The molecule has 9 heteroatoms. The average molecular weight is 394 g/mol. The molecule has 2 atom stereocenters. The molecule has 0 heterocycles. The molecule has 0 aliphatic carbocycles. The van der Waals surface area contributed by atoms with E-state index in [2.05, 4.69) is 9.50 Å². The molecule has 0 saturated heterocycles. The minimum Gasteiger partial charge on any atom is -0.461 e. The lowest BCUT2D eigenvalue weighted by atomic mass is 9.93. The van der Waals surface area contributed by atoms with Gasteiger partial charge in [0.25, 0.3) is 0 Å². The van der Waals surface area contributed by atoms with E-state index < -0.39 is 23.1 Å². The van der Waals surface area contributed by atoms with Crippen molar-refractivity contribution in [3.63, 3.8) is 0 Å².